The van der Waals surface area contributed by atoms with E-state index in [0.29, 0.717) is 16.6 Å². The Kier molecular flexibility index (Phi) is 4.57. The van der Waals surface area contributed by atoms with Gasteiger partial charge >= 0.3 is 0 Å². The largest absolute Gasteiger partial charge is 0.400 e. The van der Waals surface area contributed by atoms with Crippen LogP contribution in [0.15, 0.2) is 5.70 Å². The molecule has 0 saturated carbocycles. The van der Waals surface area contributed by atoms with E-state index in [4.69, 9.17) is 17.3 Å². The van der Waals surface area contributed by atoms with E-state index in [1.165, 1.54) is 0 Å². The molecule has 96 valence electrons. The van der Waals surface area contributed by atoms with Gasteiger partial charge in [0.25, 0.3) is 0 Å². The van der Waals surface area contributed by atoms with Crippen molar-refractivity contribution in [3.8, 4) is 0 Å². The zero-order chi connectivity index (χ0) is 13.1. The molecule has 5 heteroatoms. The van der Waals surface area contributed by atoms with Crippen molar-refractivity contribution in [1.29, 1.82) is 0 Å². The van der Waals surface area contributed by atoms with Gasteiger partial charge in [-0.15, -0.1) is 0 Å². The van der Waals surface area contributed by atoms with Crippen molar-refractivity contribution in [2.24, 2.45) is 11.1 Å². The first-order valence-corrected chi connectivity index (χ1v) is 6.31. The Labute approximate surface area is 108 Å². The van der Waals surface area contributed by atoms with Gasteiger partial charge in [-0.1, -0.05) is 45.7 Å². The highest BCUT2D eigenvalue weighted by atomic mass is 35.5. The SMILES string of the molecule is CCCCc1nc(/C(Cl)=C(\N)C(C)(C)C)n[nH]1. The van der Waals surface area contributed by atoms with E-state index in [1.807, 2.05) is 20.8 Å². The number of allylic oxidation sites excluding steroid dienone is 1. The summed E-state index contributed by atoms with van der Waals surface area (Å²) in [6, 6.07) is 0. The highest BCUT2D eigenvalue weighted by Gasteiger charge is 2.20. The van der Waals surface area contributed by atoms with Crippen molar-refractivity contribution < 1.29 is 0 Å². The van der Waals surface area contributed by atoms with Crippen molar-refractivity contribution in [3.05, 3.63) is 17.3 Å². The average molecular weight is 257 g/mol. The number of H-pyrrole nitrogens is 1. The van der Waals surface area contributed by atoms with Crippen molar-refractivity contribution >= 4 is 16.6 Å². The molecule has 0 amide bonds. The van der Waals surface area contributed by atoms with Crippen LogP contribution in [0.2, 0.25) is 0 Å². The molecule has 0 aliphatic carbocycles. The molecule has 1 aromatic heterocycles. The number of aryl methyl sites for hydroxylation is 1. The molecule has 4 nitrogen and oxygen atoms in total. The van der Waals surface area contributed by atoms with Crippen LogP contribution in [0.25, 0.3) is 5.03 Å². The Bertz CT molecular complexity index is 401. The Balaban J connectivity index is 2.90. The van der Waals surface area contributed by atoms with Gasteiger partial charge in [-0.3, -0.25) is 5.10 Å². The van der Waals surface area contributed by atoms with Gasteiger partial charge in [-0.2, -0.15) is 5.10 Å². The molecule has 1 rings (SSSR count). The number of aromatic nitrogens is 3. The van der Waals surface area contributed by atoms with Gasteiger partial charge in [0.15, 0.2) is 5.82 Å². The van der Waals surface area contributed by atoms with Crippen LogP contribution >= 0.6 is 11.6 Å². The Morgan fingerprint density at radius 1 is 1.41 bits per heavy atom. The molecule has 1 heterocycles. The first-order valence-electron chi connectivity index (χ1n) is 5.93. The normalized spacial score (nSPS) is 13.7. The summed E-state index contributed by atoms with van der Waals surface area (Å²) in [5, 5.41) is 7.43. The van der Waals surface area contributed by atoms with Gasteiger partial charge in [0.05, 0.1) is 0 Å². The highest BCUT2D eigenvalue weighted by Crippen LogP contribution is 2.29. The van der Waals surface area contributed by atoms with Gasteiger partial charge in [0, 0.05) is 17.5 Å². The van der Waals surface area contributed by atoms with Crippen LogP contribution in [-0.4, -0.2) is 15.2 Å². The van der Waals surface area contributed by atoms with Crippen molar-refractivity contribution in [2.75, 3.05) is 0 Å². The van der Waals surface area contributed by atoms with Crippen LogP contribution in [-0.2, 0) is 6.42 Å². The summed E-state index contributed by atoms with van der Waals surface area (Å²) in [6.07, 6.45) is 3.11. The van der Waals surface area contributed by atoms with E-state index in [9.17, 15) is 0 Å². The molecule has 0 aliphatic rings. The van der Waals surface area contributed by atoms with Crippen LogP contribution in [0.1, 0.15) is 52.2 Å². The average Bonchev–Trinajstić information content (AvgIpc) is 2.71. The number of nitrogens with one attached hydrogen (secondary N) is 1. The molecule has 0 fully saturated rings. The minimum atomic E-state index is -0.179. The summed E-state index contributed by atoms with van der Waals surface area (Å²) < 4.78 is 0. The number of hydrogen-bond acceptors (Lipinski definition) is 3. The molecule has 0 saturated heterocycles. The predicted octanol–water partition coefficient (Wildman–Crippen LogP) is 3.06. The fraction of sp³-hybridized carbons (Fsp3) is 0.667. The van der Waals surface area contributed by atoms with E-state index in [2.05, 4.69) is 22.1 Å². The molecular weight excluding hydrogens is 236 g/mol. The zero-order valence-corrected chi connectivity index (χ0v) is 11.7. The highest BCUT2D eigenvalue weighted by molar-refractivity contribution is 6.48. The Morgan fingerprint density at radius 2 is 2.06 bits per heavy atom. The predicted molar refractivity (Wildman–Crippen MR) is 71.4 cm³/mol. The smallest absolute Gasteiger partial charge is 0.194 e. The zero-order valence-electron chi connectivity index (χ0n) is 11.0. The van der Waals surface area contributed by atoms with Gasteiger partial charge in [-0.05, 0) is 6.42 Å². The van der Waals surface area contributed by atoms with Gasteiger partial charge in [0.1, 0.15) is 10.9 Å². The minimum Gasteiger partial charge on any atom is -0.400 e. The molecule has 0 spiro atoms. The minimum absolute atomic E-state index is 0.179. The Morgan fingerprint density at radius 3 is 2.59 bits per heavy atom. The molecule has 17 heavy (non-hydrogen) atoms. The van der Waals surface area contributed by atoms with Crippen LogP contribution in [0, 0.1) is 5.41 Å². The molecule has 0 aliphatic heterocycles. The third-order valence-electron chi connectivity index (χ3n) is 2.54. The lowest BCUT2D eigenvalue weighted by Gasteiger charge is -2.19. The number of hydrogen-bond donors (Lipinski definition) is 2. The number of nitrogens with zero attached hydrogens (tertiary/aromatic N) is 2. The molecule has 0 unspecified atom stereocenters. The van der Waals surface area contributed by atoms with E-state index in [0.717, 1.165) is 25.1 Å². The number of rotatable bonds is 4. The van der Waals surface area contributed by atoms with Gasteiger partial charge in [0.2, 0.25) is 0 Å². The maximum absolute atomic E-state index is 6.20. The van der Waals surface area contributed by atoms with E-state index in [1.54, 1.807) is 0 Å². The lowest BCUT2D eigenvalue weighted by Crippen LogP contribution is -2.18. The van der Waals surface area contributed by atoms with Crippen LogP contribution < -0.4 is 5.73 Å². The molecule has 0 atom stereocenters. The first-order chi connectivity index (χ1) is 7.86. The molecular formula is C12H21ClN4. The fourth-order valence-corrected chi connectivity index (χ4v) is 1.67. The summed E-state index contributed by atoms with van der Waals surface area (Å²) in [7, 11) is 0. The summed E-state index contributed by atoms with van der Waals surface area (Å²) >= 11 is 6.20. The van der Waals surface area contributed by atoms with E-state index in [-0.39, 0.29) is 5.41 Å². The second-order valence-corrected chi connectivity index (χ2v) is 5.56. The molecule has 3 N–H and O–H groups in total. The standard InChI is InChI=1S/C12H21ClN4/c1-5-6-7-8-15-11(17-16-8)9(13)10(14)12(2,3)4/h5-7,14H2,1-4H3,(H,15,16,17)/b10-9+. The molecule has 1 aromatic rings. The molecule has 0 aromatic carbocycles. The van der Waals surface area contributed by atoms with Crippen molar-refractivity contribution in [3.63, 3.8) is 0 Å². The van der Waals surface area contributed by atoms with E-state index >= 15 is 0 Å². The summed E-state index contributed by atoms with van der Waals surface area (Å²) in [4.78, 5) is 4.35. The maximum atomic E-state index is 6.20. The van der Waals surface area contributed by atoms with Gasteiger partial charge < -0.3 is 5.73 Å². The lowest BCUT2D eigenvalue weighted by atomic mass is 9.92. The first kappa shape index (κ1) is 14.0. The van der Waals surface area contributed by atoms with Crippen molar-refractivity contribution in [2.45, 2.75) is 47.0 Å². The summed E-state index contributed by atoms with van der Waals surface area (Å²) in [6.45, 7) is 8.17. The second kappa shape index (κ2) is 5.54. The topological polar surface area (TPSA) is 67.6 Å². The lowest BCUT2D eigenvalue weighted by molar-refractivity contribution is 0.500. The second-order valence-electron chi connectivity index (χ2n) is 5.19. The number of nitrogens with two attached hydrogens (primary N) is 1. The van der Waals surface area contributed by atoms with Gasteiger partial charge in [-0.25, -0.2) is 4.98 Å². The van der Waals surface area contributed by atoms with E-state index < -0.39 is 0 Å². The number of halogens is 1. The van der Waals surface area contributed by atoms with Crippen LogP contribution in [0.5, 0.6) is 0 Å². The summed E-state index contributed by atoms with van der Waals surface area (Å²) in [5.74, 6) is 1.35. The van der Waals surface area contributed by atoms with Crippen LogP contribution in [0.4, 0.5) is 0 Å². The quantitative estimate of drug-likeness (QED) is 0.870. The molecule has 0 bridgehead atoms. The number of aromatic amines is 1. The third-order valence-corrected chi connectivity index (χ3v) is 2.91. The Hall–Kier alpha value is -1.03. The number of unbranched alkanes of at least 4 members (excludes halogenated alkanes) is 1. The third kappa shape index (κ3) is 3.73. The van der Waals surface area contributed by atoms with Crippen LogP contribution in [0.3, 0.4) is 0 Å². The molecule has 0 radical (unpaired) electrons. The maximum Gasteiger partial charge on any atom is 0.194 e. The summed E-state index contributed by atoms with van der Waals surface area (Å²) in [5.41, 5.74) is 6.42. The van der Waals surface area contributed by atoms with Crippen molar-refractivity contribution in [1.82, 2.24) is 15.2 Å². The fourth-order valence-electron chi connectivity index (χ4n) is 1.30. The monoisotopic (exact) mass is 256 g/mol.